The Labute approximate surface area is 162 Å². The number of anilines is 2. The lowest BCUT2D eigenvalue weighted by Crippen LogP contribution is -2.28. The number of methoxy groups -OCH3 is 1. The van der Waals surface area contributed by atoms with E-state index in [2.05, 4.69) is 4.72 Å². The predicted molar refractivity (Wildman–Crippen MR) is 104 cm³/mol. The maximum atomic E-state index is 12.7. The average molecular weight is 398 g/mol. The van der Waals surface area contributed by atoms with Crippen LogP contribution >= 0.6 is 0 Å². The second-order valence-corrected chi connectivity index (χ2v) is 7.99. The molecule has 1 aliphatic heterocycles. The van der Waals surface area contributed by atoms with Crippen molar-refractivity contribution in [1.29, 1.82) is 0 Å². The summed E-state index contributed by atoms with van der Waals surface area (Å²) in [6.07, 6.45) is 2.15. The van der Waals surface area contributed by atoms with Crippen molar-refractivity contribution in [3.63, 3.8) is 0 Å². The Morgan fingerprint density at radius 3 is 2.61 bits per heavy atom. The zero-order valence-electron chi connectivity index (χ0n) is 15.1. The molecule has 2 aromatic carbocycles. The fourth-order valence-corrected chi connectivity index (χ4v) is 4.21. The van der Waals surface area contributed by atoms with Gasteiger partial charge in [0.05, 0.1) is 24.0 Å². The standard InChI is InChI=1S/C20H18N2O5S/c1-26-16-6-8-17(9-7-16)28(24,25)21-15-5-4-14-10-11-22(18(14)13-15)20(23)19-3-2-12-27-19/h2-9,12-13,21H,10-11H2,1H3. The molecule has 0 unspecified atom stereocenters. The molecule has 0 bridgehead atoms. The number of nitrogens with zero attached hydrogens (tertiary/aromatic N) is 1. The number of amides is 1. The first-order valence-electron chi connectivity index (χ1n) is 8.63. The first-order valence-corrected chi connectivity index (χ1v) is 10.1. The van der Waals surface area contributed by atoms with Crippen LogP contribution in [-0.4, -0.2) is 28.0 Å². The number of benzene rings is 2. The highest BCUT2D eigenvalue weighted by atomic mass is 32.2. The maximum absolute atomic E-state index is 12.7. The number of hydrogen-bond acceptors (Lipinski definition) is 5. The van der Waals surface area contributed by atoms with Gasteiger partial charge in [0.2, 0.25) is 0 Å². The van der Waals surface area contributed by atoms with Crippen molar-refractivity contribution in [2.45, 2.75) is 11.3 Å². The van der Waals surface area contributed by atoms with Gasteiger partial charge in [0.15, 0.2) is 5.76 Å². The van der Waals surface area contributed by atoms with Crippen LogP contribution in [0, 0.1) is 0 Å². The predicted octanol–water partition coefficient (Wildman–Crippen LogP) is 3.29. The normalized spacial score (nSPS) is 13.2. The van der Waals surface area contributed by atoms with E-state index in [0.29, 0.717) is 30.1 Å². The van der Waals surface area contributed by atoms with Crippen LogP contribution in [0.1, 0.15) is 16.1 Å². The Morgan fingerprint density at radius 1 is 1.14 bits per heavy atom. The Hall–Kier alpha value is -3.26. The fraction of sp³-hybridized carbons (Fsp3) is 0.150. The van der Waals surface area contributed by atoms with Crippen LogP contribution in [-0.2, 0) is 16.4 Å². The molecule has 0 aliphatic carbocycles. The first kappa shape index (κ1) is 18.1. The van der Waals surface area contributed by atoms with Gasteiger partial charge in [-0.15, -0.1) is 0 Å². The summed E-state index contributed by atoms with van der Waals surface area (Å²) in [4.78, 5) is 14.3. The second kappa shape index (κ2) is 7.05. The third kappa shape index (κ3) is 3.34. The van der Waals surface area contributed by atoms with Crippen LogP contribution in [0.5, 0.6) is 5.75 Å². The molecular formula is C20H18N2O5S. The van der Waals surface area contributed by atoms with E-state index in [4.69, 9.17) is 9.15 Å². The topological polar surface area (TPSA) is 88.9 Å². The van der Waals surface area contributed by atoms with Crippen LogP contribution in [0.3, 0.4) is 0 Å². The van der Waals surface area contributed by atoms with E-state index in [9.17, 15) is 13.2 Å². The monoisotopic (exact) mass is 398 g/mol. The summed E-state index contributed by atoms with van der Waals surface area (Å²) in [7, 11) is -2.25. The first-order chi connectivity index (χ1) is 13.5. The van der Waals surface area contributed by atoms with Crippen LogP contribution in [0.15, 0.2) is 70.2 Å². The summed E-state index contributed by atoms with van der Waals surface area (Å²) in [5, 5.41) is 0. The van der Waals surface area contributed by atoms with Crippen molar-refractivity contribution in [3.8, 4) is 5.75 Å². The third-order valence-electron chi connectivity index (χ3n) is 4.58. The molecular weight excluding hydrogens is 380 g/mol. The van der Waals surface area contributed by atoms with Crippen molar-refractivity contribution >= 4 is 27.3 Å². The molecule has 28 heavy (non-hydrogen) atoms. The van der Waals surface area contributed by atoms with Gasteiger partial charge in [0.25, 0.3) is 15.9 Å². The highest BCUT2D eigenvalue weighted by molar-refractivity contribution is 7.92. The number of furan rings is 1. The number of carbonyl (C=O) groups excluding carboxylic acids is 1. The van der Waals surface area contributed by atoms with Gasteiger partial charge < -0.3 is 14.1 Å². The van der Waals surface area contributed by atoms with Gasteiger partial charge in [-0.3, -0.25) is 9.52 Å². The molecule has 1 aromatic heterocycles. The van der Waals surface area contributed by atoms with E-state index in [0.717, 1.165) is 5.56 Å². The summed E-state index contributed by atoms with van der Waals surface area (Å²) in [6.45, 7) is 0.517. The minimum Gasteiger partial charge on any atom is -0.497 e. The van der Waals surface area contributed by atoms with E-state index >= 15 is 0 Å². The number of carbonyl (C=O) groups is 1. The van der Waals surface area contributed by atoms with Crippen molar-refractivity contribution < 1.29 is 22.4 Å². The minimum absolute atomic E-state index is 0.123. The van der Waals surface area contributed by atoms with Crippen LogP contribution < -0.4 is 14.4 Å². The molecule has 3 aromatic rings. The molecule has 1 aliphatic rings. The van der Waals surface area contributed by atoms with Crippen LogP contribution in [0.2, 0.25) is 0 Å². The van der Waals surface area contributed by atoms with E-state index in [1.807, 2.05) is 6.07 Å². The lowest BCUT2D eigenvalue weighted by atomic mass is 10.1. The van der Waals surface area contributed by atoms with Gasteiger partial charge in [0.1, 0.15) is 5.75 Å². The van der Waals surface area contributed by atoms with Crippen LogP contribution in [0.25, 0.3) is 0 Å². The molecule has 1 N–H and O–H groups in total. The van der Waals surface area contributed by atoms with Crippen molar-refractivity contribution in [2.75, 3.05) is 23.3 Å². The molecule has 0 saturated carbocycles. The third-order valence-corrected chi connectivity index (χ3v) is 5.98. The number of fused-ring (bicyclic) bond motifs is 1. The molecule has 0 saturated heterocycles. The molecule has 0 atom stereocenters. The van der Waals surface area contributed by atoms with E-state index in [1.165, 1.54) is 25.5 Å². The number of rotatable bonds is 5. The Balaban J connectivity index is 1.60. The lowest BCUT2D eigenvalue weighted by Gasteiger charge is -2.17. The number of sulfonamides is 1. The minimum atomic E-state index is -3.76. The molecule has 4 rings (SSSR count). The zero-order chi connectivity index (χ0) is 19.7. The Bertz CT molecular complexity index is 1110. The summed E-state index contributed by atoms with van der Waals surface area (Å²) < 4.78 is 38.1. The molecule has 1 amide bonds. The highest BCUT2D eigenvalue weighted by Crippen LogP contribution is 2.33. The van der Waals surface area contributed by atoms with Gasteiger partial charge in [0, 0.05) is 12.2 Å². The van der Waals surface area contributed by atoms with E-state index in [1.54, 1.807) is 41.3 Å². The molecule has 0 radical (unpaired) electrons. The molecule has 0 fully saturated rings. The molecule has 2 heterocycles. The van der Waals surface area contributed by atoms with E-state index in [-0.39, 0.29) is 16.6 Å². The smallest absolute Gasteiger partial charge is 0.293 e. The van der Waals surface area contributed by atoms with Gasteiger partial charge in [-0.2, -0.15) is 0 Å². The largest absolute Gasteiger partial charge is 0.497 e. The van der Waals surface area contributed by atoms with Crippen molar-refractivity contribution in [1.82, 2.24) is 0 Å². The molecule has 0 spiro atoms. The van der Waals surface area contributed by atoms with Crippen LogP contribution in [0.4, 0.5) is 11.4 Å². The number of ether oxygens (including phenoxy) is 1. The molecule has 8 heteroatoms. The SMILES string of the molecule is COc1ccc(S(=O)(=O)Nc2ccc3c(c2)N(C(=O)c2ccco2)CC3)cc1. The summed E-state index contributed by atoms with van der Waals surface area (Å²) in [5.74, 6) is 0.569. The summed E-state index contributed by atoms with van der Waals surface area (Å²) in [6, 6.07) is 14.6. The molecule has 144 valence electrons. The number of nitrogens with one attached hydrogen (secondary N) is 1. The Morgan fingerprint density at radius 2 is 1.93 bits per heavy atom. The van der Waals surface area contributed by atoms with Gasteiger partial charge in [-0.1, -0.05) is 6.07 Å². The quantitative estimate of drug-likeness (QED) is 0.712. The maximum Gasteiger partial charge on any atom is 0.293 e. The zero-order valence-corrected chi connectivity index (χ0v) is 15.9. The van der Waals surface area contributed by atoms with E-state index < -0.39 is 10.0 Å². The summed E-state index contributed by atoms with van der Waals surface area (Å²) in [5.41, 5.74) is 2.04. The highest BCUT2D eigenvalue weighted by Gasteiger charge is 2.28. The van der Waals surface area contributed by atoms with Crippen molar-refractivity contribution in [2.24, 2.45) is 0 Å². The number of hydrogen-bond donors (Lipinski definition) is 1. The molecule has 7 nitrogen and oxygen atoms in total. The Kier molecular flexibility index (Phi) is 4.56. The van der Waals surface area contributed by atoms with Gasteiger partial charge in [-0.25, -0.2) is 8.42 Å². The van der Waals surface area contributed by atoms with Crippen molar-refractivity contribution in [3.05, 3.63) is 72.2 Å². The van der Waals surface area contributed by atoms with Gasteiger partial charge >= 0.3 is 0 Å². The second-order valence-electron chi connectivity index (χ2n) is 6.31. The summed E-state index contributed by atoms with van der Waals surface area (Å²) >= 11 is 0. The lowest BCUT2D eigenvalue weighted by molar-refractivity contribution is 0.0963. The fourth-order valence-electron chi connectivity index (χ4n) is 3.16. The average Bonchev–Trinajstić information content (AvgIpc) is 3.37. The van der Waals surface area contributed by atoms with Gasteiger partial charge in [-0.05, 0) is 60.5 Å².